The van der Waals surface area contributed by atoms with Crippen LogP contribution in [0.3, 0.4) is 0 Å². The molecule has 0 unspecified atom stereocenters. The molecule has 3 atom stereocenters. The van der Waals surface area contributed by atoms with Crippen molar-refractivity contribution in [2.24, 2.45) is 0 Å². The number of nitrogens with zero attached hydrogens (tertiary/aromatic N) is 1. The van der Waals surface area contributed by atoms with Crippen molar-refractivity contribution >= 4 is 16.1 Å². The van der Waals surface area contributed by atoms with E-state index in [2.05, 4.69) is 29.0 Å². The smallest absolute Gasteiger partial charge is 0.407 e. The van der Waals surface area contributed by atoms with Gasteiger partial charge in [0.25, 0.3) is 0 Å². The number of carbonyl (C=O) groups is 1. The molecular formula is C21H32N2O5S. The molecule has 162 valence electrons. The second kappa shape index (κ2) is 9.45. The highest BCUT2D eigenvalue weighted by Gasteiger charge is 2.44. The molecule has 1 amide bonds. The summed E-state index contributed by atoms with van der Waals surface area (Å²) in [7, 11) is -3.43. The van der Waals surface area contributed by atoms with Crippen molar-refractivity contribution < 1.29 is 23.1 Å². The van der Waals surface area contributed by atoms with Crippen LogP contribution < -0.4 is 4.72 Å². The minimum atomic E-state index is -3.43. The summed E-state index contributed by atoms with van der Waals surface area (Å²) in [4.78, 5) is 13.2. The molecule has 1 saturated carbocycles. The van der Waals surface area contributed by atoms with E-state index in [1.165, 1.54) is 10.5 Å². The third kappa shape index (κ3) is 5.71. The number of ether oxygens (including phenoxy) is 1. The first-order chi connectivity index (χ1) is 13.8. The Hall–Kier alpha value is -1.64. The second-order valence-electron chi connectivity index (χ2n) is 8.27. The molecule has 1 saturated heterocycles. The predicted molar refractivity (Wildman–Crippen MR) is 112 cm³/mol. The molecule has 0 bridgehead atoms. The summed E-state index contributed by atoms with van der Waals surface area (Å²) < 4.78 is 32.3. The van der Waals surface area contributed by atoms with E-state index in [0.717, 1.165) is 31.9 Å². The Balaban J connectivity index is 1.60. The van der Waals surface area contributed by atoms with Gasteiger partial charge in [-0.2, -0.15) is 0 Å². The van der Waals surface area contributed by atoms with E-state index in [0.29, 0.717) is 18.8 Å². The fourth-order valence-electron chi connectivity index (χ4n) is 4.81. The molecule has 8 heteroatoms. The summed E-state index contributed by atoms with van der Waals surface area (Å²) in [5.41, 5.74) is 1.36. The zero-order valence-corrected chi connectivity index (χ0v) is 18.0. The summed E-state index contributed by atoms with van der Waals surface area (Å²) in [5.74, 6) is 0.544. The lowest BCUT2D eigenvalue weighted by atomic mass is 9.83. The van der Waals surface area contributed by atoms with Crippen molar-refractivity contribution in [1.82, 2.24) is 9.62 Å². The van der Waals surface area contributed by atoms with Crippen LogP contribution in [0.1, 0.15) is 56.9 Å². The number of hydrogen-bond donors (Lipinski definition) is 2. The first-order valence-electron chi connectivity index (χ1n) is 10.4. The van der Waals surface area contributed by atoms with Crippen molar-refractivity contribution in [2.75, 3.05) is 12.9 Å². The second-order valence-corrected chi connectivity index (χ2v) is 10.0. The maximum Gasteiger partial charge on any atom is 0.407 e. The highest BCUT2D eigenvalue weighted by atomic mass is 32.2. The van der Waals surface area contributed by atoms with Gasteiger partial charge in [-0.3, -0.25) is 4.90 Å². The predicted octanol–water partition coefficient (Wildman–Crippen LogP) is 3.18. The number of likely N-dealkylation sites (tertiary alicyclic amines) is 1. The van der Waals surface area contributed by atoms with Gasteiger partial charge in [0.15, 0.2) is 0 Å². The van der Waals surface area contributed by atoms with Crippen LogP contribution in [-0.4, -0.2) is 61.6 Å². The molecule has 1 aromatic carbocycles. The zero-order chi connectivity index (χ0) is 21.0. The third-order valence-corrected chi connectivity index (χ3v) is 6.98. The van der Waals surface area contributed by atoms with Crippen LogP contribution in [0.4, 0.5) is 4.79 Å². The normalized spacial score (nSPS) is 30.4. The molecule has 29 heavy (non-hydrogen) atoms. The SMILES string of the molecule is CC[C@H]1C[C@@H](NS(C)(=O)=O)[C@@H](CO[C@H]2CC[C@@H](c3ccccc3)CC2)N1C(=O)O. The van der Waals surface area contributed by atoms with Gasteiger partial charge in [-0.1, -0.05) is 37.3 Å². The van der Waals surface area contributed by atoms with Gasteiger partial charge in [0, 0.05) is 12.1 Å². The number of rotatable bonds is 7. The molecule has 0 spiro atoms. The summed E-state index contributed by atoms with van der Waals surface area (Å²) in [5, 5.41) is 9.69. The average Bonchev–Trinajstić information content (AvgIpc) is 3.03. The number of hydrogen-bond acceptors (Lipinski definition) is 4. The number of sulfonamides is 1. The van der Waals surface area contributed by atoms with Crippen LogP contribution in [0.2, 0.25) is 0 Å². The van der Waals surface area contributed by atoms with Gasteiger partial charge >= 0.3 is 6.09 Å². The van der Waals surface area contributed by atoms with Gasteiger partial charge in [0.05, 0.1) is 25.0 Å². The van der Waals surface area contributed by atoms with Gasteiger partial charge in [-0.25, -0.2) is 17.9 Å². The van der Waals surface area contributed by atoms with E-state index >= 15 is 0 Å². The third-order valence-electron chi connectivity index (χ3n) is 6.25. The molecule has 7 nitrogen and oxygen atoms in total. The molecule has 3 rings (SSSR count). The zero-order valence-electron chi connectivity index (χ0n) is 17.2. The maximum absolute atomic E-state index is 11.8. The first kappa shape index (κ1) is 22.1. The van der Waals surface area contributed by atoms with Gasteiger partial charge in [0.1, 0.15) is 0 Å². The Morgan fingerprint density at radius 3 is 2.41 bits per heavy atom. The Morgan fingerprint density at radius 2 is 1.86 bits per heavy atom. The average molecular weight is 425 g/mol. The number of amides is 1. The Bertz CT molecular complexity index is 778. The lowest BCUT2D eigenvalue weighted by Crippen LogP contribution is -2.50. The summed E-state index contributed by atoms with van der Waals surface area (Å²) in [6.45, 7) is 2.14. The number of nitrogens with one attached hydrogen (secondary N) is 1. The fraction of sp³-hybridized carbons (Fsp3) is 0.667. The van der Waals surface area contributed by atoms with E-state index in [9.17, 15) is 18.3 Å². The van der Waals surface area contributed by atoms with Gasteiger partial charge in [-0.15, -0.1) is 0 Å². The molecular weight excluding hydrogens is 392 g/mol. The van der Waals surface area contributed by atoms with Crippen LogP contribution in [-0.2, 0) is 14.8 Å². The maximum atomic E-state index is 11.8. The molecule has 2 aliphatic rings. The lowest BCUT2D eigenvalue weighted by molar-refractivity contribution is -0.00780. The van der Waals surface area contributed by atoms with Crippen LogP contribution >= 0.6 is 0 Å². The molecule has 1 aliphatic heterocycles. The monoisotopic (exact) mass is 424 g/mol. The first-order valence-corrected chi connectivity index (χ1v) is 12.3. The van der Waals surface area contributed by atoms with Gasteiger partial charge in [-0.05, 0) is 50.0 Å². The molecule has 1 aromatic rings. The molecule has 2 N–H and O–H groups in total. The van der Waals surface area contributed by atoms with E-state index in [-0.39, 0.29) is 18.8 Å². The van der Waals surface area contributed by atoms with Gasteiger partial charge < -0.3 is 9.84 Å². The van der Waals surface area contributed by atoms with E-state index in [1.54, 1.807) is 0 Å². The number of carboxylic acid groups (broad SMARTS) is 1. The van der Waals surface area contributed by atoms with Crippen LogP contribution in [0.25, 0.3) is 0 Å². The summed E-state index contributed by atoms with van der Waals surface area (Å²) >= 11 is 0. The van der Waals surface area contributed by atoms with E-state index in [4.69, 9.17) is 4.74 Å². The largest absolute Gasteiger partial charge is 0.465 e. The quantitative estimate of drug-likeness (QED) is 0.701. The van der Waals surface area contributed by atoms with Crippen LogP contribution in [0.15, 0.2) is 30.3 Å². The molecule has 2 fully saturated rings. The molecule has 1 aliphatic carbocycles. The Morgan fingerprint density at radius 1 is 1.21 bits per heavy atom. The van der Waals surface area contributed by atoms with Crippen molar-refractivity contribution in [1.29, 1.82) is 0 Å². The van der Waals surface area contributed by atoms with Crippen LogP contribution in [0, 0.1) is 0 Å². The Kier molecular flexibility index (Phi) is 7.19. The van der Waals surface area contributed by atoms with E-state index < -0.39 is 28.2 Å². The highest BCUT2D eigenvalue weighted by Crippen LogP contribution is 2.35. The van der Waals surface area contributed by atoms with Gasteiger partial charge in [0.2, 0.25) is 10.0 Å². The molecule has 1 heterocycles. The Labute approximate surface area is 173 Å². The van der Waals surface area contributed by atoms with Crippen molar-refractivity contribution in [2.45, 2.75) is 75.6 Å². The van der Waals surface area contributed by atoms with Crippen LogP contribution in [0.5, 0.6) is 0 Å². The molecule has 0 aromatic heterocycles. The van der Waals surface area contributed by atoms with Crippen molar-refractivity contribution in [3.63, 3.8) is 0 Å². The van der Waals surface area contributed by atoms with Crippen molar-refractivity contribution in [3.8, 4) is 0 Å². The highest BCUT2D eigenvalue weighted by molar-refractivity contribution is 7.88. The summed E-state index contributed by atoms with van der Waals surface area (Å²) in [6, 6.07) is 9.34. The van der Waals surface area contributed by atoms with Crippen molar-refractivity contribution in [3.05, 3.63) is 35.9 Å². The molecule has 0 radical (unpaired) electrons. The lowest BCUT2D eigenvalue weighted by Gasteiger charge is -2.33. The standard InChI is InChI=1S/C21H32N2O5S/c1-3-17-13-19(22-29(2,26)27)20(23(17)21(24)25)14-28-18-11-9-16(10-12-18)15-7-5-4-6-8-15/h4-8,16-20,22H,3,9-14H2,1-2H3,(H,24,25)/t16-,17-,18+,19+,20+/m0/s1. The topological polar surface area (TPSA) is 95.9 Å². The minimum Gasteiger partial charge on any atom is -0.465 e. The summed E-state index contributed by atoms with van der Waals surface area (Å²) in [6.07, 6.45) is 5.26. The number of benzene rings is 1. The minimum absolute atomic E-state index is 0.0881. The van der Waals surface area contributed by atoms with E-state index in [1.807, 2.05) is 13.0 Å². The fourth-order valence-corrected chi connectivity index (χ4v) is 5.61.